The number of amides is 1. The molecule has 0 unspecified atom stereocenters. The van der Waals surface area contributed by atoms with Gasteiger partial charge in [0.2, 0.25) is 10.0 Å². The first-order valence-electron chi connectivity index (χ1n) is 11.3. The maximum atomic E-state index is 13.2. The van der Waals surface area contributed by atoms with Crippen molar-refractivity contribution in [3.05, 3.63) is 64.4 Å². The summed E-state index contributed by atoms with van der Waals surface area (Å²) in [7, 11) is -3.64. The molecule has 2 aromatic carbocycles. The molecule has 0 spiro atoms. The molecule has 0 saturated carbocycles. The molecule has 1 fully saturated rings. The van der Waals surface area contributed by atoms with Crippen LogP contribution in [0.4, 0.5) is 0 Å². The Balaban J connectivity index is 0.00000274. The van der Waals surface area contributed by atoms with Crippen LogP contribution in [0.3, 0.4) is 0 Å². The van der Waals surface area contributed by atoms with Crippen molar-refractivity contribution < 1.29 is 13.2 Å². The average molecular weight is 523 g/mol. The topological polar surface area (TPSA) is 76.7 Å². The third-order valence-electron chi connectivity index (χ3n) is 6.68. The van der Waals surface area contributed by atoms with E-state index < -0.39 is 10.0 Å². The van der Waals surface area contributed by atoms with E-state index in [-0.39, 0.29) is 36.3 Å². The van der Waals surface area contributed by atoms with Crippen LogP contribution in [0, 0.1) is 0 Å². The van der Waals surface area contributed by atoms with Crippen LogP contribution in [0.25, 0.3) is 10.8 Å². The summed E-state index contributed by atoms with van der Waals surface area (Å²) in [4.78, 5) is 20.7. The van der Waals surface area contributed by atoms with Gasteiger partial charge in [-0.2, -0.15) is 4.31 Å². The molecule has 3 aromatic rings. The van der Waals surface area contributed by atoms with E-state index in [0.29, 0.717) is 23.8 Å². The normalized spacial score (nSPS) is 17.4. The lowest BCUT2D eigenvalue weighted by atomic mass is 10.1. The number of likely N-dealkylation sites (N-methyl/N-ethyl adjacent to an activating group) is 1. The molecule has 3 heterocycles. The fraction of sp³-hybridized carbons (Fsp3) is 0.375. The molecule has 1 aromatic heterocycles. The van der Waals surface area contributed by atoms with Gasteiger partial charge in [0.1, 0.15) is 5.69 Å². The van der Waals surface area contributed by atoms with Crippen molar-refractivity contribution in [1.82, 2.24) is 19.1 Å². The number of nitrogens with zero attached hydrogens (tertiary/aromatic N) is 3. The standard InChI is InChI=1S/C24H27ClN4O3S.ClH/c1-2-27-8-7-22-19(16-27)15-23(26-22)24(30)28-9-11-29(12-10-28)33(31,32)21-6-4-17-13-20(25)5-3-18(17)14-21;/h3-6,13-15,26H,2,7-12,16H2,1H3;1H. The van der Waals surface area contributed by atoms with Crippen LogP contribution in [-0.4, -0.2) is 72.7 Å². The molecule has 0 atom stereocenters. The SMILES string of the molecule is CCN1CCc2[nH]c(C(=O)N3CCN(S(=O)(=O)c4ccc5cc(Cl)ccc5c4)CC3)cc2C1.Cl. The highest BCUT2D eigenvalue weighted by Crippen LogP contribution is 2.26. The summed E-state index contributed by atoms with van der Waals surface area (Å²) in [6.45, 7) is 6.28. The Labute approximate surface area is 211 Å². The van der Waals surface area contributed by atoms with Crippen LogP contribution in [0.2, 0.25) is 5.02 Å². The zero-order valence-electron chi connectivity index (χ0n) is 19.0. The highest BCUT2D eigenvalue weighted by molar-refractivity contribution is 7.89. The number of aromatic nitrogens is 1. The van der Waals surface area contributed by atoms with Gasteiger partial charge in [-0.25, -0.2) is 8.42 Å². The molecule has 1 amide bonds. The van der Waals surface area contributed by atoms with Gasteiger partial charge in [0, 0.05) is 56.4 Å². The second-order valence-electron chi connectivity index (χ2n) is 8.66. The molecule has 5 rings (SSSR count). The van der Waals surface area contributed by atoms with Crippen LogP contribution in [0.1, 0.15) is 28.7 Å². The third kappa shape index (κ3) is 4.70. The van der Waals surface area contributed by atoms with E-state index in [4.69, 9.17) is 11.6 Å². The summed E-state index contributed by atoms with van der Waals surface area (Å²) in [5, 5.41) is 2.34. The molecule has 182 valence electrons. The average Bonchev–Trinajstić information content (AvgIpc) is 3.26. The minimum atomic E-state index is -3.64. The molecule has 2 aliphatic rings. The highest BCUT2D eigenvalue weighted by atomic mass is 35.5. The Morgan fingerprint density at radius 1 is 1.00 bits per heavy atom. The lowest BCUT2D eigenvalue weighted by Crippen LogP contribution is -2.50. The zero-order valence-corrected chi connectivity index (χ0v) is 21.3. The minimum absolute atomic E-state index is 0. The molecule has 34 heavy (non-hydrogen) atoms. The Hall–Kier alpha value is -2.10. The van der Waals surface area contributed by atoms with E-state index >= 15 is 0 Å². The maximum Gasteiger partial charge on any atom is 0.270 e. The van der Waals surface area contributed by atoms with Crippen molar-refractivity contribution in [2.45, 2.75) is 24.8 Å². The van der Waals surface area contributed by atoms with E-state index in [1.54, 1.807) is 29.2 Å². The number of piperazine rings is 1. The van der Waals surface area contributed by atoms with Gasteiger partial charge in [-0.05, 0) is 53.2 Å². The predicted molar refractivity (Wildman–Crippen MR) is 136 cm³/mol. The first-order valence-corrected chi connectivity index (χ1v) is 13.1. The number of hydrogen-bond donors (Lipinski definition) is 1. The van der Waals surface area contributed by atoms with E-state index in [1.165, 1.54) is 9.87 Å². The van der Waals surface area contributed by atoms with Gasteiger partial charge in [0.05, 0.1) is 4.90 Å². The Bertz CT molecular complexity index is 1320. The number of hydrogen-bond acceptors (Lipinski definition) is 4. The number of aromatic amines is 1. The Morgan fingerprint density at radius 3 is 2.44 bits per heavy atom. The van der Waals surface area contributed by atoms with Gasteiger partial charge in [-0.15, -0.1) is 12.4 Å². The molecule has 7 nitrogen and oxygen atoms in total. The van der Waals surface area contributed by atoms with Gasteiger partial charge < -0.3 is 9.88 Å². The minimum Gasteiger partial charge on any atom is -0.354 e. The lowest BCUT2D eigenvalue weighted by molar-refractivity contribution is 0.0692. The lowest BCUT2D eigenvalue weighted by Gasteiger charge is -2.33. The van der Waals surface area contributed by atoms with Gasteiger partial charge in [0.15, 0.2) is 0 Å². The molecule has 2 aliphatic heterocycles. The highest BCUT2D eigenvalue weighted by Gasteiger charge is 2.31. The molecule has 0 radical (unpaired) electrons. The number of H-pyrrole nitrogens is 1. The fourth-order valence-corrected chi connectivity index (χ4v) is 6.32. The van der Waals surface area contributed by atoms with Crippen LogP contribution in [0.5, 0.6) is 0 Å². The summed E-state index contributed by atoms with van der Waals surface area (Å²) in [6, 6.07) is 12.4. The number of fused-ring (bicyclic) bond motifs is 2. The van der Waals surface area contributed by atoms with Crippen LogP contribution < -0.4 is 0 Å². The van der Waals surface area contributed by atoms with E-state index in [0.717, 1.165) is 42.5 Å². The van der Waals surface area contributed by atoms with Crippen molar-refractivity contribution in [2.75, 3.05) is 39.3 Å². The zero-order chi connectivity index (χ0) is 23.2. The number of carbonyl (C=O) groups is 1. The summed E-state index contributed by atoms with van der Waals surface area (Å²) < 4.78 is 27.9. The van der Waals surface area contributed by atoms with Crippen molar-refractivity contribution in [1.29, 1.82) is 0 Å². The summed E-state index contributed by atoms with van der Waals surface area (Å²) in [5.41, 5.74) is 2.93. The van der Waals surface area contributed by atoms with Crippen molar-refractivity contribution in [2.24, 2.45) is 0 Å². The van der Waals surface area contributed by atoms with Gasteiger partial charge in [0.25, 0.3) is 5.91 Å². The van der Waals surface area contributed by atoms with Crippen LogP contribution in [0.15, 0.2) is 47.4 Å². The summed E-state index contributed by atoms with van der Waals surface area (Å²) in [5.74, 6) is -0.0629. The quantitative estimate of drug-likeness (QED) is 0.565. The smallest absolute Gasteiger partial charge is 0.270 e. The van der Waals surface area contributed by atoms with Crippen LogP contribution in [-0.2, 0) is 23.0 Å². The monoisotopic (exact) mass is 522 g/mol. The molecule has 10 heteroatoms. The number of nitrogens with one attached hydrogen (secondary N) is 1. The first kappa shape index (κ1) is 25.0. The van der Waals surface area contributed by atoms with Crippen LogP contribution >= 0.6 is 24.0 Å². The first-order chi connectivity index (χ1) is 15.8. The Kier molecular flexibility index (Phi) is 7.26. The van der Waals surface area contributed by atoms with Crippen molar-refractivity contribution in [3.63, 3.8) is 0 Å². The van der Waals surface area contributed by atoms with E-state index in [2.05, 4.69) is 16.8 Å². The number of rotatable bonds is 4. The van der Waals surface area contributed by atoms with Crippen molar-refractivity contribution >= 4 is 50.7 Å². The van der Waals surface area contributed by atoms with Gasteiger partial charge in [-0.3, -0.25) is 9.69 Å². The second-order valence-corrected chi connectivity index (χ2v) is 11.0. The number of benzene rings is 2. The maximum absolute atomic E-state index is 13.2. The largest absolute Gasteiger partial charge is 0.354 e. The molecular weight excluding hydrogens is 495 g/mol. The summed E-state index contributed by atoms with van der Waals surface area (Å²) >= 11 is 6.03. The van der Waals surface area contributed by atoms with E-state index in [1.807, 2.05) is 18.2 Å². The molecule has 1 N–H and O–H groups in total. The van der Waals surface area contributed by atoms with E-state index in [9.17, 15) is 13.2 Å². The third-order valence-corrected chi connectivity index (χ3v) is 8.81. The second kappa shape index (κ2) is 9.87. The Morgan fingerprint density at radius 2 is 1.71 bits per heavy atom. The fourth-order valence-electron chi connectivity index (χ4n) is 4.69. The molecular formula is C24H28Cl2N4O3S. The molecule has 0 bridgehead atoms. The molecule has 0 aliphatic carbocycles. The van der Waals surface area contributed by atoms with Gasteiger partial charge in [-0.1, -0.05) is 30.7 Å². The van der Waals surface area contributed by atoms with Crippen molar-refractivity contribution in [3.8, 4) is 0 Å². The summed E-state index contributed by atoms with van der Waals surface area (Å²) in [6.07, 6.45) is 0.917. The van der Waals surface area contributed by atoms with Gasteiger partial charge >= 0.3 is 0 Å². The molecule has 1 saturated heterocycles. The number of carbonyl (C=O) groups excluding carboxylic acids is 1. The number of sulfonamides is 1. The number of halogens is 2. The predicted octanol–water partition coefficient (Wildman–Crippen LogP) is 3.77.